The van der Waals surface area contributed by atoms with Gasteiger partial charge < -0.3 is 30.1 Å². The maximum Gasteiger partial charge on any atom is 0.408 e. The highest BCUT2D eigenvalue weighted by Gasteiger charge is 2.40. The van der Waals surface area contributed by atoms with Gasteiger partial charge in [-0.3, -0.25) is 14.4 Å². The molecule has 1 atom stereocenters. The molecule has 0 radical (unpaired) electrons. The van der Waals surface area contributed by atoms with E-state index < -0.39 is 47.6 Å². The molecular weight excluding hydrogens is 430 g/mol. The van der Waals surface area contributed by atoms with E-state index in [1.165, 1.54) is 36.3 Å². The molecule has 1 rings (SSSR count). The molecule has 1 aromatic carbocycles. The molecule has 0 aromatic heterocycles. The van der Waals surface area contributed by atoms with Crippen molar-refractivity contribution in [2.75, 3.05) is 20.2 Å². The van der Waals surface area contributed by atoms with Crippen molar-refractivity contribution in [2.45, 2.75) is 65.1 Å². The molecule has 0 saturated heterocycles. The van der Waals surface area contributed by atoms with Gasteiger partial charge in [-0.05, 0) is 58.7 Å². The molecule has 10 nitrogen and oxygen atoms in total. The topological polar surface area (TPSA) is 134 Å². The molecule has 0 aliphatic heterocycles. The second kappa shape index (κ2) is 11.5. The van der Waals surface area contributed by atoms with Crippen molar-refractivity contribution in [3.63, 3.8) is 0 Å². The second-order valence-electron chi connectivity index (χ2n) is 9.07. The van der Waals surface area contributed by atoms with Crippen LogP contribution in [0.5, 0.6) is 5.75 Å². The van der Waals surface area contributed by atoms with Crippen molar-refractivity contribution in [1.29, 1.82) is 0 Å². The fourth-order valence-electron chi connectivity index (χ4n) is 2.95. The molecule has 0 saturated carbocycles. The van der Waals surface area contributed by atoms with Gasteiger partial charge in [0, 0.05) is 5.54 Å². The minimum Gasteiger partial charge on any atom is -0.508 e. The molecule has 0 fully saturated rings. The highest BCUT2D eigenvalue weighted by Crippen LogP contribution is 2.32. The zero-order valence-electron chi connectivity index (χ0n) is 20.4. The van der Waals surface area contributed by atoms with E-state index in [-0.39, 0.29) is 12.3 Å². The molecule has 10 heteroatoms. The van der Waals surface area contributed by atoms with E-state index in [9.17, 15) is 24.3 Å². The number of carbonyl (C=O) groups is 4. The third kappa shape index (κ3) is 8.63. The smallest absolute Gasteiger partial charge is 0.408 e. The molecule has 0 aliphatic rings. The molecule has 1 aromatic rings. The molecule has 184 valence electrons. The van der Waals surface area contributed by atoms with Crippen molar-refractivity contribution < 1.29 is 33.8 Å². The van der Waals surface area contributed by atoms with Crippen LogP contribution in [0.15, 0.2) is 24.3 Å². The molecule has 0 bridgehead atoms. The van der Waals surface area contributed by atoms with Gasteiger partial charge >= 0.3 is 12.1 Å². The normalized spacial score (nSPS) is 12.3. The number of carbonyl (C=O) groups excluding carboxylic acids is 4. The highest BCUT2D eigenvalue weighted by atomic mass is 16.6. The number of hydrogen-bond donors (Lipinski definition) is 3. The lowest BCUT2D eigenvalue weighted by molar-refractivity contribution is -0.148. The molecule has 0 aliphatic carbocycles. The first-order valence-electron chi connectivity index (χ1n) is 10.6. The van der Waals surface area contributed by atoms with Crippen LogP contribution in [0.3, 0.4) is 0 Å². The van der Waals surface area contributed by atoms with Crippen molar-refractivity contribution in [3.05, 3.63) is 29.8 Å². The molecule has 1 unspecified atom stereocenters. The number of ether oxygens (including phenoxy) is 2. The molecule has 3 amide bonds. The van der Waals surface area contributed by atoms with Gasteiger partial charge in [-0.1, -0.05) is 19.1 Å². The zero-order valence-corrected chi connectivity index (χ0v) is 20.4. The van der Waals surface area contributed by atoms with Crippen LogP contribution < -0.4 is 10.6 Å². The van der Waals surface area contributed by atoms with Crippen LogP contribution in [0.25, 0.3) is 0 Å². The van der Waals surface area contributed by atoms with Crippen LogP contribution >= 0.6 is 0 Å². The number of esters is 1. The monoisotopic (exact) mass is 465 g/mol. The molecular formula is C23H35N3O7. The van der Waals surface area contributed by atoms with Crippen LogP contribution in [0, 0.1) is 0 Å². The quantitative estimate of drug-likeness (QED) is 0.476. The van der Waals surface area contributed by atoms with Gasteiger partial charge in [0.15, 0.2) is 0 Å². The van der Waals surface area contributed by atoms with Crippen LogP contribution in [0.2, 0.25) is 0 Å². The third-order valence-corrected chi connectivity index (χ3v) is 4.92. The maximum absolute atomic E-state index is 13.3. The summed E-state index contributed by atoms with van der Waals surface area (Å²) in [6.45, 7) is 9.76. The number of alkyl carbamates (subject to hydrolysis) is 1. The number of benzene rings is 1. The zero-order chi connectivity index (χ0) is 25.4. The number of methoxy groups -OCH3 is 1. The maximum atomic E-state index is 13.3. The fraction of sp³-hybridized carbons (Fsp3) is 0.565. The van der Waals surface area contributed by atoms with Crippen LogP contribution in [0.4, 0.5) is 4.79 Å². The van der Waals surface area contributed by atoms with Gasteiger partial charge in [-0.2, -0.15) is 0 Å². The van der Waals surface area contributed by atoms with E-state index in [1.807, 2.05) is 6.92 Å². The Morgan fingerprint density at radius 2 is 1.58 bits per heavy atom. The van der Waals surface area contributed by atoms with Crippen LogP contribution in [-0.2, 0) is 23.9 Å². The summed E-state index contributed by atoms with van der Waals surface area (Å²) in [5.74, 6) is -1.80. The Labute approximate surface area is 194 Å². The van der Waals surface area contributed by atoms with Crippen molar-refractivity contribution in [3.8, 4) is 5.75 Å². The number of nitrogens with one attached hydrogen (secondary N) is 2. The van der Waals surface area contributed by atoms with Crippen molar-refractivity contribution in [2.24, 2.45) is 0 Å². The second-order valence-corrected chi connectivity index (χ2v) is 9.07. The Morgan fingerprint density at radius 1 is 1.00 bits per heavy atom. The first-order chi connectivity index (χ1) is 15.2. The Kier molecular flexibility index (Phi) is 9.69. The molecule has 33 heavy (non-hydrogen) atoms. The average molecular weight is 466 g/mol. The number of nitrogens with zero attached hydrogens (tertiary/aromatic N) is 1. The van der Waals surface area contributed by atoms with Gasteiger partial charge in [0.25, 0.3) is 0 Å². The van der Waals surface area contributed by atoms with E-state index in [0.29, 0.717) is 12.0 Å². The number of phenolic OH excluding ortho intramolecular Hbond substituents is 1. The van der Waals surface area contributed by atoms with Crippen molar-refractivity contribution in [1.82, 2.24) is 15.5 Å². The summed E-state index contributed by atoms with van der Waals surface area (Å²) < 4.78 is 9.76. The Morgan fingerprint density at radius 3 is 2.06 bits per heavy atom. The summed E-state index contributed by atoms with van der Waals surface area (Å²) in [7, 11) is 1.20. The Hall–Kier alpha value is -3.30. The van der Waals surface area contributed by atoms with Gasteiger partial charge in [-0.15, -0.1) is 0 Å². The lowest BCUT2D eigenvalue weighted by Gasteiger charge is -2.43. The largest absolute Gasteiger partial charge is 0.508 e. The first-order valence-corrected chi connectivity index (χ1v) is 10.6. The molecule has 0 spiro atoms. The predicted molar refractivity (Wildman–Crippen MR) is 121 cm³/mol. The summed E-state index contributed by atoms with van der Waals surface area (Å²) >= 11 is 0. The number of phenols is 1. The SMILES string of the molecule is CCC(C)(C)N(C(=O)CNC(=O)OC(C)(C)C)C(C(=O)NCC(=O)OC)c1ccc(O)cc1. The number of aromatic hydroxyl groups is 1. The standard InChI is InChI=1S/C23H35N3O7/c1-8-23(5,6)26(17(28)13-25-21(31)33-22(2,3)4)19(15-9-11-16(27)12-10-15)20(30)24-14-18(29)32-7/h9-12,19,27H,8,13-14H2,1-7H3,(H,24,30)(H,25,31). The Bertz CT molecular complexity index is 845. The minimum absolute atomic E-state index is 0.00769. The summed E-state index contributed by atoms with van der Waals surface area (Å²) in [4.78, 5) is 51.5. The third-order valence-electron chi connectivity index (χ3n) is 4.92. The summed E-state index contributed by atoms with van der Waals surface area (Å²) in [5, 5.41) is 14.6. The Balaban J connectivity index is 3.31. The average Bonchev–Trinajstić information content (AvgIpc) is 2.73. The van der Waals surface area contributed by atoms with E-state index in [1.54, 1.807) is 34.6 Å². The van der Waals surface area contributed by atoms with E-state index in [4.69, 9.17) is 4.74 Å². The number of hydrogen-bond acceptors (Lipinski definition) is 7. The molecule has 0 heterocycles. The summed E-state index contributed by atoms with van der Waals surface area (Å²) in [6, 6.07) is 4.70. The van der Waals surface area contributed by atoms with Gasteiger partial charge in [0.1, 0.15) is 30.5 Å². The van der Waals surface area contributed by atoms with E-state index >= 15 is 0 Å². The van der Waals surface area contributed by atoms with E-state index in [0.717, 1.165) is 0 Å². The predicted octanol–water partition coefficient (Wildman–Crippen LogP) is 2.26. The lowest BCUT2D eigenvalue weighted by atomic mass is 9.93. The van der Waals surface area contributed by atoms with Gasteiger partial charge in [0.05, 0.1) is 7.11 Å². The van der Waals surface area contributed by atoms with Crippen molar-refractivity contribution >= 4 is 23.9 Å². The summed E-state index contributed by atoms with van der Waals surface area (Å²) in [5.41, 5.74) is -1.13. The number of rotatable bonds is 9. The van der Waals surface area contributed by atoms with Gasteiger partial charge in [0.2, 0.25) is 11.8 Å². The summed E-state index contributed by atoms with van der Waals surface area (Å²) in [6.07, 6.45) is -0.272. The highest BCUT2D eigenvalue weighted by molar-refractivity contribution is 5.92. The lowest BCUT2D eigenvalue weighted by Crippen LogP contribution is -2.56. The minimum atomic E-state index is -1.14. The van der Waals surface area contributed by atoms with Crippen LogP contribution in [-0.4, -0.2) is 65.2 Å². The van der Waals surface area contributed by atoms with Crippen LogP contribution in [0.1, 0.15) is 59.6 Å². The molecule has 3 N–H and O–H groups in total. The van der Waals surface area contributed by atoms with Gasteiger partial charge in [-0.25, -0.2) is 4.79 Å². The van der Waals surface area contributed by atoms with E-state index in [2.05, 4.69) is 15.4 Å². The first kappa shape index (κ1) is 27.7. The fourth-order valence-corrected chi connectivity index (χ4v) is 2.95. The number of amides is 3.